The minimum Gasteiger partial charge on any atom is -0.392 e. The van der Waals surface area contributed by atoms with Gasteiger partial charge < -0.3 is 9.84 Å². The van der Waals surface area contributed by atoms with Gasteiger partial charge in [-0.05, 0) is 25.2 Å². The molecule has 2 rings (SSSR count). The molecule has 0 saturated carbocycles. The Morgan fingerprint density at radius 1 is 1.25 bits per heavy atom. The Bertz CT molecular complexity index is 207. The number of hydrogen-bond donors (Lipinski definition) is 1. The lowest BCUT2D eigenvalue weighted by atomic mass is 9.92. The van der Waals surface area contributed by atoms with Crippen molar-refractivity contribution in [3.05, 3.63) is 0 Å². The number of aliphatic hydroxyl groups excluding tert-OH is 1. The van der Waals surface area contributed by atoms with Crippen molar-refractivity contribution in [2.75, 3.05) is 24.7 Å². The highest BCUT2D eigenvalue weighted by Gasteiger charge is 2.31. The predicted octanol–water partition coefficient (Wildman–Crippen LogP) is 2.40. The summed E-state index contributed by atoms with van der Waals surface area (Å²) in [6, 6.07) is 0. The molecule has 0 amide bonds. The first kappa shape index (κ1) is 13.1. The fraction of sp³-hybridized carbons (Fsp3) is 1.00. The summed E-state index contributed by atoms with van der Waals surface area (Å²) in [5.41, 5.74) is 0. The first-order valence-electron chi connectivity index (χ1n) is 6.26. The number of rotatable bonds is 3. The molecule has 2 fully saturated rings. The van der Waals surface area contributed by atoms with Crippen molar-refractivity contribution in [2.24, 2.45) is 5.92 Å². The summed E-state index contributed by atoms with van der Waals surface area (Å²) in [6.07, 6.45) is 3.13. The largest absolute Gasteiger partial charge is 0.392 e. The van der Waals surface area contributed by atoms with Gasteiger partial charge in [0.25, 0.3) is 0 Å². The fourth-order valence-corrected chi connectivity index (χ4v) is 5.39. The van der Waals surface area contributed by atoms with Crippen LogP contribution in [0.25, 0.3) is 0 Å². The van der Waals surface area contributed by atoms with Gasteiger partial charge in [-0.1, -0.05) is 6.92 Å². The van der Waals surface area contributed by atoms with Crippen LogP contribution in [-0.2, 0) is 4.74 Å². The average molecular weight is 262 g/mol. The van der Waals surface area contributed by atoms with E-state index in [4.69, 9.17) is 4.74 Å². The minimum atomic E-state index is -0.115. The van der Waals surface area contributed by atoms with Gasteiger partial charge in [-0.25, -0.2) is 0 Å². The first-order valence-corrected chi connectivity index (χ1v) is 8.36. The molecule has 4 heteroatoms. The summed E-state index contributed by atoms with van der Waals surface area (Å²) >= 11 is 3.98. The standard InChI is InChI=1S/C12H22O2S2/c1-9-12(16-7-6-15-9)11(13)8-10-2-4-14-5-3-10/h9-13H,2-8H2,1H3. The minimum absolute atomic E-state index is 0.115. The Hall–Kier alpha value is 0.620. The van der Waals surface area contributed by atoms with Gasteiger partial charge in [0.2, 0.25) is 0 Å². The van der Waals surface area contributed by atoms with Gasteiger partial charge in [0, 0.05) is 35.2 Å². The van der Waals surface area contributed by atoms with Gasteiger partial charge in [0.1, 0.15) is 0 Å². The zero-order valence-corrected chi connectivity index (χ0v) is 11.6. The summed E-state index contributed by atoms with van der Waals surface area (Å²) < 4.78 is 5.36. The Labute approximate surface area is 107 Å². The van der Waals surface area contributed by atoms with Crippen LogP contribution in [0.2, 0.25) is 0 Å². The van der Waals surface area contributed by atoms with Crippen molar-refractivity contribution in [1.82, 2.24) is 0 Å². The van der Waals surface area contributed by atoms with Gasteiger partial charge in [-0.3, -0.25) is 0 Å². The monoisotopic (exact) mass is 262 g/mol. The SMILES string of the molecule is CC1SCCSC1C(O)CC1CCOCC1. The van der Waals surface area contributed by atoms with Gasteiger partial charge in [0.05, 0.1) is 6.10 Å². The second kappa shape index (κ2) is 6.53. The molecular weight excluding hydrogens is 240 g/mol. The zero-order chi connectivity index (χ0) is 11.4. The molecule has 2 aliphatic heterocycles. The van der Waals surface area contributed by atoms with Crippen LogP contribution in [-0.4, -0.2) is 46.4 Å². The first-order chi connectivity index (χ1) is 7.77. The van der Waals surface area contributed by atoms with Crippen LogP contribution in [0.1, 0.15) is 26.2 Å². The van der Waals surface area contributed by atoms with Crippen molar-refractivity contribution in [2.45, 2.75) is 42.8 Å². The molecule has 3 atom stereocenters. The van der Waals surface area contributed by atoms with Crippen LogP contribution >= 0.6 is 23.5 Å². The molecule has 0 aliphatic carbocycles. The maximum absolute atomic E-state index is 10.3. The number of ether oxygens (including phenoxy) is 1. The van der Waals surface area contributed by atoms with E-state index in [2.05, 4.69) is 6.92 Å². The van der Waals surface area contributed by atoms with Crippen molar-refractivity contribution in [1.29, 1.82) is 0 Å². The molecule has 94 valence electrons. The molecule has 1 N–H and O–H groups in total. The van der Waals surface area contributed by atoms with Crippen molar-refractivity contribution in [3.8, 4) is 0 Å². The average Bonchev–Trinajstić information content (AvgIpc) is 2.31. The highest BCUT2D eigenvalue weighted by Crippen LogP contribution is 2.35. The molecule has 0 aromatic heterocycles. The van der Waals surface area contributed by atoms with Gasteiger partial charge >= 0.3 is 0 Å². The molecule has 0 spiro atoms. The Morgan fingerprint density at radius 2 is 1.94 bits per heavy atom. The third kappa shape index (κ3) is 3.56. The quantitative estimate of drug-likeness (QED) is 0.846. The lowest BCUT2D eigenvalue weighted by molar-refractivity contribution is 0.0434. The summed E-state index contributed by atoms with van der Waals surface area (Å²) in [6.45, 7) is 4.04. The van der Waals surface area contributed by atoms with E-state index in [-0.39, 0.29) is 6.10 Å². The zero-order valence-electron chi connectivity index (χ0n) is 9.93. The summed E-state index contributed by atoms with van der Waals surface area (Å²) in [5.74, 6) is 3.13. The Kier molecular flexibility index (Phi) is 5.33. The fourth-order valence-electron chi connectivity index (χ4n) is 2.53. The Balaban J connectivity index is 1.78. The summed E-state index contributed by atoms with van der Waals surface area (Å²) in [7, 11) is 0. The molecule has 2 aliphatic rings. The molecular formula is C12H22O2S2. The summed E-state index contributed by atoms with van der Waals surface area (Å²) in [5, 5.41) is 11.4. The highest BCUT2D eigenvalue weighted by atomic mass is 32.2. The normalized spacial score (nSPS) is 34.9. The lowest BCUT2D eigenvalue weighted by Gasteiger charge is -2.34. The maximum atomic E-state index is 10.3. The smallest absolute Gasteiger partial charge is 0.0672 e. The maximum Gasteiger partial charge on any atom is 0.0672 e. The molecule has 0 aromatic rings. The van der Waals surface area contributed by atoms with Crippen LogP contribution in [0.4, 0.5) is 0 Å². The van der Waals surface area contributed by atoms with E-state index in [1.54, 1.807) is 0 Å². The van der Waals surface area contributed by atoms with Crippen molar-refractivity contribution >= 4 is 23.5 Å². The van der Waals surface area contributed by atoms with E-state index in [1.165, 1.54) is 11.5 Å². The van der Waals surface area contributed by atoms with Crippen LogP contribution in [0.15, 0.2) is 0 Å². The molecule has 2 saturated heterocycles. The van der Waals surface area contributed by atoms with Gasteiger partial charge in [0.15, 0.2) is 0 Å². The molecule has 0 aromatic carbocycles. The van der Waals surface area contributed by atoms with Crippen molar-refractivity contribution < 1.29 is 9.84 Å². The van der Waals surface area contributed by atoms with E-state index in [1.807, 2.05) is 23.5 Å². The molecule has 2 nitrogen and oxygen atoms in total. The number of thioether (sulfide) groups is 2. The van der Waals surface area contributed by atoms with Crippen LogP contribution in [0, 0.1) is 5.92 Å². The molecule has 0 bridgehead atoms. The number of aliphatic hydroxyl groups is 1. The lowest BCUT2D eigenvalue weighted by Crippen LogP contribution is -2.36. The van der Waals surface area contributed by atoms with E-state index in [0.29, 0.717) is 16.4 Å². The van der Waals surface area contributed by atoms with Crippen LogP contribution < -0.4 is 0 Å². The van der Waals surface area contributed by atoms with E-state index >= 15 is 0 Å². The molecule has 3 unspecified atom stereocenters. The van der Waals surface area contributed by atoms with Crippen LogP contribution in [0.3, 0.4) is 0 Å². The second-order valence-electron chi connectivity index (χ2n) is 4.77. The molecule has 2 heterocycles. The highest BCUT2D eigenvalue weighted by molar-refractivity contribution is 8.07. The predicted molar refractivity (Wildman–Crippen MR) is 72.3 cm³/mol. The van der Waals surface area contributed by atoms with Gasteiger partial charge in [-0.15, -0.1) is 0 Å². The third-order valence-electron chi connectivity index (χ3n) is 3.53. The Morgan fingerprint density at radius 3 is 2.62 bits per heavy atom. The van der Waals surface area contributed by atoms with E-state index < -0.39 is 0 Å². The summed E-state index contributed by atoms with van der Waals surface area (Å²) in [4.78, 5) is 0. The topological polar surface area (TPSA) is 29.5 Å². The second-order valence-corrected chi connectivity index (χ2v) is 7.54. The third-order valence-corrected chi connectivity index (χ3v) is 6.77. The van der Waals surface area contributed by atoms with E-state index in [9.17, 15) is 5.11 Å². The molecule has 16 heavy (non-hydrogen) atoms. The van der Waals surface area contributed by atoms with E-state index in [0.717, 1.165) is 32.5 Å². The van der Waals surface area contributed by atoms with Crippen molar-refractivity contribution in [3.63, 3.8) is 0 Å². The number of hydrogen-bond acceptors (Lipinski definition) is 4. The van der Waals surface area contributed by atoms with Gasteiger partial charge in [-0.2, -0.15) is 23.5 Å². The van der Waals surface area contributed by atoms with Crippen LogP contribution in [0.5, 0.6) is 0 Å². The molecule has 0 radical (unpaired) electrons.